The second kappa shape index (κ2) is 14.1. The van der Waals surface area contributed by atoms with Gasteiger partial charge in [-0.1, -0.05) is 48.5 Å². The lowest BCUT2D eigenvalue weighted by Crippen LogP contribution is -2.21. The number of nitrogens with zero attached hydrogens (tertiary/aromatic N) is 4. The maximum atomic E-state index is 13.2. The molecule has 8 heteroatoms. The summed E-state index contributed by atoms with van der Waals surface area (Å²) < 4.78 is 11.6. The normalized spacial score (nSPS) is 11.3. The van der Waals surface area contributed by atoms with E-state index in [1.807, 2.05) is 85.8 Å². The summed E-state index contributed by atoms with van der Waals surface area (Å²) in [6.45, 7) is 13.9. The van der Waals surface area contributed by atoms with Crippen molar-refractivity contribution >= 4 is 33.3 Å². The molecule has 0 aliphatic heterocycles. The average Bonchev–Trinajstić information content (AvgIpc) is 3.16. The first-order valence-corrected chi connectivity index (χ1v) is 17.5. The highest BCUT2D eigenvalue weighted by atomic mass is 16.4. The maximum Gasteiger partial charge on any atom is 0.344 e. The molecule has 3 aromatic heterocycles. The zero-order chi connectivity index (χ0) is 35.6. The largest absolute Gasteiger partial charge is 0.422 e. The van der Waals surface area contributed by atoms with Gasteiger partial charge in [-0.2, -0.15) is 0 Å². The molecule has 0 unspecified atom stereocenters. The molecule has 0 spiro atoms. The van der Waals surface area contributed by atoms with Crippen LogP contribution in [-0.2, 0) is 0 Å². The molecule has 4 aromatic carbocycles. The van der Waals surface area contributed by atoms with E-state index in [0.717, 1.165) is 76.1 Å². The zero-order valence-corrected chi connectivity index (χ0v) is 29.6. The van der Waals surface area contributed by atoms with Gasteiger partial charge in [0.2, 0.25) is 0 Å². The molecule has 7 rings (SSSR count). The third-order valence-corrected chi connectivity index (χ3v) is 9.74. The Balaban J connectivity index is 1.09. The lowest BCUT2D eigenvalue weighted by Gasteiger charge is -2.21. The Bertz CT molecular complexity index is 2460. The van der Waals surface area contributed by atoms with Gasteiger partial charge in [0.1, 0.15) is 11.2 Å². The second-order valence-electron chi connectivity index (χ2n) is 12.5. The highest BCUT2D eigenvalue weighted by Gasteiger charge is 2.16. The highest BCUT2D eigenvalue weighted by molar-refractivity contribution is 5.89. The summed E-state index contributed by atoms with van der Waals surface area (Å²) in [6.07, 6.45) is 3.48. The van der Waals surface area contributed by atoms with Crippen molar-refractivity contribution in [3.05, 3.63) is 130 Å². The minimum absolute atomic E-state index is 0.356. The molecule has 0 aliphatic rings. The van der Waals surface area contributed by atoms with E-state index in [-0.39, 0.29) is 11.3 Å². The Morgan fingerprint density at radius 1 is 0.549 bits per heavy atom. The van der Waals surface area contributed by atoms with Crippen molar-refractivity contribution in [1.29, 1.82) is 0 Å². The van der Waals surface area contributed by atoms with E-state index in [2.05, 4.69) is 59.6 Å². The third kappa shape index (κ3) is 6.41. The van der Waals surface area contributed by atoms with Gasteiger partial charge >= 0.3 is 11.3 Å². The van der Waals surface area contributed by atoms with Gasteiger partial charge in [-0.05, 0) is 81.6 Å². The number of fused-ring (bicyclic) bond motifs is 2. The van der Waals surface area contributed by atoms with Crippen molar-refractivity contribution in [2.75, 3.05) is 36.0 Å². The standard InChI is InChI=1S/C43H40N4O4/c1-6-46(7-2)33-19-18-32-22-36(42(48)50-39(32)23-33)28-10-12-29(13-11-28)37-25-45-38(26-44-37)30-14-16-31(17-15-30)41-27(5)35-21-20-34(47(8-3)9-4)24-40(35)51-43(41)49/h10-26H,6-9H2,1-5H3. The first-order valence-electron chi connectivity index (χ1n) is 17.5. The van der Waals surface area contributed by atoms with Crippen LogP contribution in [0, 0.1) is 6.92 Å². The van der Waals surface area contributed by atoms with Crippen molar-refractivity contribution in [1.82, 2.24) is 9.97 Å². The smallest absolute Gasteiger partial charge is 0.344 e. The molecule has 7 aromatic rings. The van der Waals surface area contributed by atoms with Crippen molar-refractivity contribution in [2.45, 2.75) is 34.6 Å². The molecular formula is C43H40N4O4. The van der Waals surface area contributed by atoms with Crippen LogP contribution < -0.4 is 21.1 Å². The number of benzene rings is 4. The Kier molecular flexibility index (Phi) is 9.24. The molecule has 0 bridgehead atoms. The van der Waals surface area contributed by atoms with E-state index in [0.29, 0.717) is 33.7 Å². The molecule has 8 nitrogen and oxygen atoms in total. The SMILES string of the molecule is CCN(CC)c1ccc2cc(-c3ccc(-c4cnc(-c5ccc(-c6c(C)c7ccc(N(CC)CC)cc7oc6=O)cc5)cn4)cc3)c(=O)oc2c1. The fourth-order valence-electron chi connectivity index (χ4n) is 6.80. The molecule has 51 heavy (non-hydrogen) atoms. The molecular weight excluding hydrogens is 636 g/mol. The Labute approximate surface area is 296 Å². The van der Waals surface area contributed by atoms with Crippen LogP contribution in [-0.4, -0.2) is 36.1 Å². The number of aryl methyl sites for hydroxylation is 1. The molecule has 0 fully saturated rings. The van der Waals surface area contributed by atoms with E-state index in [4.69, 9.17) is 8.83 Å². The minimum Gasteiger partial charge on any atom is -0.422 e. The summed E-state index contributed by atoms with van der Waals surface area (Å²) in [4.78, 5) is 40.0. The van der Waals surface area contributed by atoms with Crippen molar-refractivity contribution in [2.24, 2.45) is 0 Å². The van der Waals surface area contributed by atoms with Gasteiger partial charge in [-0.25, -0.2) is 9.59 Å². The molecule has 0 N–H and O–H groups in total. The van der Waals surface area contributed by atoms with Gasteiger partial charge in [0.05, 0.1) is 34.9 Å². The summed E-state index contributed by atoms with van der Waals surface area (Å²) in [7, 11) is 0. The predicted octanol–water partition coefficient (Wildman–Crippen LogP) is 9.36. The van der Waals surface area contributed by atoms with Gasteiger partial charge < -0.3 is 18.6 Å². The summed E-state index contributed by atoms with van der Waals surface area (Å²) >= 11 is 0. The average molecular weight is 677 g/mol. The fourth-order valence-corrected chi connectivity index (χ4v) is 6.80. The van der Waals surface area contributed by atoms with Crippen LogP contribution in [0.5, 0.6) is 0 Å². The van der Waals surface area contributed by atoms with Crippen LogP contribution in [0.4, 0.5) is 11.4 Å². The Hall–Kier alpha value is -6.02. The van der Waals surface area contributed by atoms with Crippen LogP contribution in [0.15, 0.2) is 122 Å². The van der Waals surface area contributed by atoms with Gasteiger partial charge in [-0.3, -0.25) is 9.97 Å². The Morgan fingerprint density at radius 3 is 1.59 bits per heavy atom. The number of aromatic nitrogens is 2. The summed E-state index contributed by atoms with van der Waals surface area (Å²) in [5.74, 6) is 0. The fraction of sp³-hybridized carbons (Fsp3) is 0.209. The zero-order valence-electron chi connectivity index (χ0n) is 29.6. The van der Waals surface area contributed by atoms with Crippen LogP contribution in [0.25, 0.3) is 66.7 Å². The van der Waals surface area contributed by atoms with Crippen molar-refractivity contribution in [3.8, 4) is 44.8 Å². The molecule has 0 saturated heterocycles. The van der Waals surface area contributed by atoms with Crippen LogP contribution in [0.1, 0.15) is 33.3 Å². The first-order chi connectivity index (χ1) is 24.8. The molecule has 0 saturated carbocycles. The molecule has 0 amide bonds. The van der Waals surface area contributed by atoms with Gasteiger partial charge in [-0.15, -0.1) is 0 Å². The van der Waals surface area contributed by atoms with Crippen LogP contribution in [0.3, 0.4) is 0 Å². The lowest BCUT2D eigenvalue weighted by molar-refractivity contribution is 0.562. The predicted molar refractivity (Wildman–Crippen MR) is 208 cm³/mol. The molecule has 0 atom stereocenters. The van der Waals surface area contributed by atoms with Gasteiger partial charge in [0.15, 0.2) is 0 Å². The van der Waals surface area contributed by atoms with Crippen LogP contribution in [0.2, 0.25) is 0 Å². The molecule has 0 radical (unpaired) electrons. The van der Waals surface area contributed by atoms with Crippen molar-refractivity contribution in [3.63, 3.8) is 0 Å². The van der Waals surface area contributed by atoms with Gasteiger partial charge in [0, 0.05) is 71.6 Å². The van der Waals surface area contributed by atoms with E-state index in [1.54, 1.807) is 12.4 Å². The van der Waals surface area contributed by atoms with E-state index in [9.17, 15) is 9.59 Å². The monoisotopic (exact) mass is 676 g/mol. The number of rotatable bonds is 10. The van der Waals surface area contributed by atoms with E-state index in [1.165, 1.54) is 0 Å². The molecule has 0 aliphatic carbocycles. The van der Waals surface area contributed by atoms with Crippen molar-refractivity contribution < 1.29 is 8.83 Å². The number of hydrogen-bond donors (Lipinski definition) is 0. The maximum absolute atomic E-state index is 13.2. The summed E-state index contributed by atoms with van der Waals surface area (Å²) in [5, 5.41) is 1.80. The number of hydrogen-bond acceptors (Lipinski definition) is 8. The first kappa shape index (κ1) is 33.5. The number of anilines is 2. The minimum atomic E-state index is -0.372. The molecule has 3 heterocycles. The summed E-state index contributed by atoms with van der Waals surface area (Å²) in [6, 6.07) is 29.4. The topological polar surface area (TPSA) is 92.7 Å². The third-order valence-electron chi connectivity index (χ3n) is 9.74. The van der Waals surface area contributed by atoms with E-state index >= 15 is 0 Å². The van der Waals surface area contributed by atoms with Gasteiger partial charge in [0.25, 0.3) is 0 Å². The van der Waals surface area contributed by atoms with E-state index < -0.39 is 0 Å². The summed E-state index contributed by atoms with van der Waals surface area (Å²) in [5.41, 5.74) is 9.22. The lowest BCUT2D eigenvalue weighted by atomic mass is 9.98. The second-order valence-corrected chi connectivity index (χ2v) is 12.5. The highest BCUT2D eigenvalue weighted by Crippen LogP contribution is 2.31. The van der Waals surface area contributed by atoms with Crippen LogP contribution >= 0.6 is 0 Å². The molecule has 256 valence electrons. The Morgan fingerprint density at radius 2 is 1.04 bits per heavy atom. The quantitative estimate of drug-likeness (QED) is 0.132.